The topological polar surface area (TPSA) is 58.8 Å². The summed E-state index contributed by atoms with van der Waals surface area (Å²) in [6.45, 7) is 0.719. The summed E-state index contributed by atoms with van der Waals surface area (Å²) >= 11 is 0. The van der Waals surface area contributed by atoms with Crippen molar-refractivity contribution in [1.82, 2.24) is 0 Å². The first-order chi connectivity index (χ1) is 11.7. The minimum Gasteiger partial charge on any atom is -1.00 e. The van der Waals surface area contributed by atoms with Crippen LogP contribution in [0.3, 0.4) is 0 Å². The van der Waals surface area contributed by atoms with Crippen molar-refractivity contribution >= 4 is 12.0 Å². The lowest BCUT2D eigenvalue weighted by Crippen LogP contribution is -3.00. The Hall–Kier alpha value is -2.11. The normalized spacial score (nSPS) is 20.1. The number of halogens is 1. The monoisotopic (exact) mass is 363 g/mol. The largest absolute Gasteiger partial charge is 1.00 e. The van der Waals surface area contributed by atoms with E-state index in [1.54, 1.807) is 20.3 Å². The van der Waals surface area contributed by atoms with Gasteiger partial charge in [-0.15, -0.1) is 0 Å². The van der Waals surface area contributed by atoms with Crippen molar-refractivity contribution in [3.8, 4) is 11.5 Å². The summed E-state index contributed by atoms with van der Waals surface area (Å²) in [4.78, 5) is 12.7. The number of carbonyl (C=O) groups is 1. The number of rotatable bonds is 5. The Labute approximate surface area is 153 Å². The van der Waals surface area contributed by atoms with Gasteiger partial charge in [0.05, 0.1) is 20.6 Å². The van der Waals surface area contributed by atoms with Gasteiger partial charge in [-0.2, -0.15) is 0 Å². The minimum atomic E-state index is -0.144. The van der Waals surface area contributed by atoms with Gasteiger partial charge in [0, 0.05) is 17.6 Å². The number of allylic oxidation sites excluding steroid dienone is 3. The molecule has 2 aliphatic rings. The molecule has 1 unspecified atom stereocenters. The Morgan fingerprint density at radius 3 is 2.60 bits per heavy atom. The molecule has 0 saturated carbocycles. The van der Waals surface area contributed by atoms with Crippen molar-refractivity contribution in [3.05, 3.63) is 47.2 Å². The second-order valence-electron chi connectivity index (χ2n) is 5.94. The van der Waals surface area contributed by atoms with Crippen molar-refractivity contribution in [2.24, 2.45) is 5.92 Å². The van der Waals surface area contributed by atoms with E-state index in [2.05, 4.69) is 0 Å². The van der Waals surface area contributed by atoms with Gasteiger partial charge in [-0.3, -0.25) is 4.79 Å². The molecular weight excluding hydrogens is 342 g/mol. The molecule has 1 N–H and O–H groups in total. The van der Waals surface area contributed by atoms with E-state index in [1.807, 2.05) is 35.2 Å². The summed E-state index contributed by atoms with van der Waals surface area (Å²) in [5.41, 5.74) is 2.85. The van der Waals surface area contributed by atoms with E-state index in [-0.39, 0.29) is 30.7 Å². The Bertz CT molecular complexity index is 752. The van der Waals surface area contributed by atoms with Gasteiger partial charge in [-0.1, -0.05) is 6.08 Å². The maximum Gasteiger partial charge on any atom is 0.171 e. The predicted molar refractivity (Wildman–Crippen MR) is 91.2 cm³/mol. The van der Waals surface area contributed by atoms with Crippen LogP contribution < -0.4 is 21.9 Å². The molecule has 134 valence electrons. The predicted octanol–water partition coefficient (Wildman–Crippen LogP) is -1.02. The average Bonchev–Trinajstić information content (AvgIpc) is 2.90. The quantitative estimate of drug-likeness (QED) is 0.681. The van der Waals surface area contributed by atoms with Gasteiger partial charge >= 0.3 is 0 Å². The molecule has 0 radical (unpaired) electrons. The molecule has 5 nitrogen and oxygen atoms in total. The van der Waals surface area contributed by atoms with Crippen LogP contribution in [0.4, 0.5) is 0 Å². The molecule has 1 atom stereocenters. The number of hydrogen-bond acceptors (Lipinski definition) is 4. The molecule has 0 amide bonds. The van der Waals surface area contributed by atoms with E-state index < -0.39 is 0 Å². The van der Waals surface area contributed by atoms with E-state index >= 15 is 0 Å². The molecule has 0 spiro atoms. The fourth-order valence-corrected chi connectivity index (χ4v) is 3.19. The molecule has 0 fully saturated rings. The second-order valence-corrected chi connectivity index (χ2v) is 5.94. The number of aliphatic hydroxyl groups excluding tert-OH is 1. The van der Waals surface area contributed by atoms with Crippen LogP contribution in [0.1, 0.15) is 22.3 Å². The molecule has 0 saturated heterocycles. The van der Waals surface area contributed by atoms with Crippen molar-refractivity contribution in [3.63, 3.8) is 0 Å². The highest BCUT2D eigenvalue weighted by atomic mass is 35.5. The van der Waals surface area contributed by atoms with Crippen LogP contribution in [0, 0.1) is 5.92 Å². The number of benzene rings is 1. The van der Waals surface area contributed by atoms with Crippen LogP contribution in [0.15, 0.2) is 36.1 Å². The van der Waals surface area contributed by atoms with E-state index in [0.717, 1.165) is 23.1 Å². The SMILES string of the molecule is COc1cc2c(cc1OC)C(=O)C(C=C1C=C[N+](CCO)=CC1)C2.[Cl-]. The fourth-order valence-electron chi connectivity index (χ4n) is 3.19. The van der Waals surface area contributed by atoms with E-state index in [1.165, 1.54) is 0 Å². The third-order valence-electron chi connectivity index (χ3n) is 4.47. The van der Waals surface area contributed by atoms with Gasteiger partial charge in [0.2, 0.25) is 0 Å². The standard InChI is InChI=1S/C19H22NO4.ClH/c1-23-17-11-14-10-15(19(22)16(14)12-18(17)24-2)9-13-3-5-20(6-4-13)7-8-21;/h3,5-6,9,11-12,15,21H,4,7-8,10H2,1-2H3;1H/q+1;/p-1. The van der Waals surface area contributed by atoms with E-state index in [4.69, 9.17) is 14.6 Å². The lowest BCUT2D eigenvalue weighted by Gasteiger charge is -2.09. The lowest BCUT2D eigenvalue weighted by molar-refractivity contribution is -0.457. The average molecular weight is 364 g/mol. The fraction of sp³-hybridized carbons (Fsp3) is 0.368. The van der Waals surface area contributed by atoms with Crippen LogP contribution in [0.25, 0.3) is 0 Å². The highest BCUT2D eigenvalue weighted by Gasteiger charge is 2.31. The number of aliphatic hydroxyl groups is 1. The number of methoxy groups -OCH3 is 2. The maximum atomic E-state index is 12.7. The number of ketones is 1. The summed E-state index contributed by atoms with van der Waals surface area (Å²) in [6.07, 6.45) is 9.47. The first-order valence-electron chi connectivity index (χ1n) is 8.04. The molecule has 1 aliphatic carbocycles. The summed E-state index contributed by atoms with van der Waals surface area (Å²) in [6, 6.07) is 3.68. The number of Topliss-reactive ketones (excluding diaryl/α,β-unsaturated/α-hetero) is 1. The first-order valence-corrected chi connectivity index (χ1v) is 8.04. The Balaban J connectivity index is 0.00000225. The molecular formula is C19H22ClNO4. The Morgan fingerprint density at radius 1 is 1.28 bits per heavy atom. The molecule has 1 heterocycles. The van der Waals surface area contributed by atoms with Crippen molar-refractivity contribution in [2.45, 2.75) is 12.8 Å². The van der Waals surface area contributed by atoms with Crippen LogP contribution in [0.2, 0.25) is 0 Å². The second kappa shape index (κ2) is 8.32. The molecule has 0 aromatic heterocycles. The summed E-state index contributed by atoms with van der Waals surface area (Å²) in [5, 5.41) is 8.96. The Kier molecular flexibility index (Phi) is 6.39. The van der Waals surface area contributed by atoms with Crippen LogP contribution in [-0.4, -0.2) is 49.1 Å². The van der Waals surface area contributed by atoms with Gasteiger partial charge < -0.3 is 27.0 Å². The number of fused-ring (bicyclic) bond motifs is 1. The molecule has 0 bridgehead atoms. The van der Waals surface area contributed by atoms with E-state index in [0.29, 0.717) is 24.5 Å². The van der Waals surface area contributed by atoms with Gasteiger partial charge in [0.25, 0.3) is 0 Å². The van der Waals surface area contributed by atoms with Gasteiger partial charge in [0.1, 0.15) is 12.8 Å². The molecule has 6 heteroatoms. The van der Waals surface area contributed by atoms with Gasteiger partial charge in [-0.25, -0.2) is 4.58 Å². The molecule has 3 rings (SSSR count). The van der Waals surface area contributed by atoms with Gasteiger partial charge in [-0.05, 0) is 29.7 Å². The summed E-state index contributed by atoms with van der Waals surface area (Å²) in [5.74, 6) is 1.23. The molecule has 25 heavy (non-hydrogen) atoms. The van der Waals surface area contributed by atoms with Crippen molar-refractivity contribution < 1.29 is 36.4 Å². The third kappa shape index (κ3) is 3.94. The minimum absolute atomic E-state index is 0. The maximum absolute atomic E-state index is 12.7. The number of carbonyl (C=O) groups excluding carboxylic acids is 1. The van der Waals surface area contributed by atoms with Crippen LogP contribution >= 0.6 is 0 Å². The third-order valence-corrected chi connectivity index (χ3v) is 4.47. The zero-order valence-corrected chi connectivity index (χ0v) is 15.1. The molecule has 1 aromatic carbocycles. The van der Waals surface area contributed by atoms with Gasteiger partial charge in [0.15, 0.2) is 30.0 Å². The molecule has 1 aromatic rings. The summed E-state index contributed by atoms with van der Waals surface area (Å²) in [7, 11) is 3.17. The van der Waals surface area contributed by atoms with E-state index in [9.17, 15) is 4.79 Å². The molecule has 1 aliphatic heterocycles. The highest BCUT2D eigenvalue weighted by molar-refractivity contribution is 6.04. The number of β-amino-alcohol motifs (C(OH)–C–C–N with tert-alkyl or cyclic N) is 1. The number of ether oxygens (including phenoxy) is 2. The number of hydrogen-bond donors (Lipinski definition) is 1. The Morgan fingerprint density at radius 2 is 2.00 bits per heavy atom. The van der Waals surface area contributed by atoms with Crippen molar-refractivity contribution in [1.29, 1.82) is 0 Å². The lowest BCUT2D eigenvalue weighted by atomic mass is 9.99. The van der Waals surface area contributed by atoms with Crippen LogP contribution in [-0.2, 0) is 6.42 Å². The number of nitrogens with zero attached hydrogens (tertiary/aromatic N) is 1. The highest BCUT2D eigenvalue weighted by Crippen LogP contribution is 2.37. The zero-order chi connectivity index (χ0) is 17.1. The van der Waals surface area contributed by atoms with Crippen LogP contribution in [0.5, 0.6) is 11.5 Å². The first kappa shape index (κ1) is 19.2. The van der Waals surface area contributed by atoms with Crippen molar-refractivity contribution in [2.75, 3.05) is 27.4 Å². The summed E-state index contributed by atoms with van der Waals surface area (Å²) < 4.78 is 12.6. The zero-order valence-electron chi connectivity index (χ0n) is 14.4. The smallest absolute Gasteiger partial charge is 0.171 e.